The number of carbonyl (C=O) groups excluding carboxylic acids is 2. The van der Waals surface area contributed by atoms with Gasteiger partial charge in [0.15, 0.2) is 18.1 Å². The first-order chi connectivity index (χ1) is 16.5. The number of ether oxygens (including phenoxy) is 3. The zero-order valence-electron chi connectivity index (χ0n) is 19.5. The molecule has 8 heteroatoms. The number of carbonyl (C=O) groups is 2. The Labute approximate surface area is 198 Å². The zero-order valence-corrected chi connectivity index (χ0v) is 19.5. The summed E-state index contributed by atoms with van der Waals surface area (Å²) in [5.41, 5.74) is 6.90. The number of fused-ring (bicyclic) bond motifs is 1. The van der Waals surface area contributed by atoms with E-state index in [1.165, 1.54) is 30.6 Å². The standard InChI is InChI=1S/C26H29N3O5/c1-32-22-14-20(15-23(33-2)25(22)34-17-24(27)30)26(31)29-12-10-28(11-13-29)16-19-8-5-7-18-6-3-4-9-21(18)19/h3-9,14-15H,10-13,16-17H2,1-2H3,(H2,27,30). The van der Waals surface area contributed by atoms with Gasteiger partial charge in [0.2, 0.25) is 5.75 Å². The van der Waals surface area contributed by atoms with E-state index in [2.05, 4.69) is 47.4 Å². The molecule has 0 radical (unpaired) electrons. The molecule has 1 saturated heterocycles. The number of piperazine rings is 1. The predicted octanol–water partition coefficient (Wildman–Crippen LogP) is 2.68. The molecule has 0 spiro atoms. The maximum atomic E-state index is 13.2. The Balaban J connectivity index is 1.44. The van der Waals surface area contributed by atoms with Crippen molar-refractivity contribution in [3.63, 3.8) is 0 Å². The van der Waals surface area contributed by atoms with Crippen LogP contribution in [0.15, 0.2) is 54.6 Å². The summed E-state index contributed by atoms with van der Waals surface area (Å²) in [5.74, 6) is 0.117. The van der Waals surface area contributed by atoms with Crippen LogP contribution in [0.1, 0.15) is 15.9 Å². The van der Waals surface area contributed by atoms with Crippen LogP contribution in [0.5, 0.6) is 17.2 Å². The number of hydrogen-bond acceptors (Lipinski definition) is 6. The highest BCUT2D eigenvalue weighted by molar-refractivity contribution is 5.96. The van der Waals surface area contributed by atoms with Crippen molar-refractivity contribution in [1.29, 1.82) is 0 Å². The van der Waals surface area contributed by atoms with Gasteiger partial charge < -0.3 is 24.8 Å². The van der Waals surface area contributed by atoms with Crippen molar-refractivity contribution in [2.24, 2.45) is 5.73 Å². The lowest BCUT2D eigenvalue weighted by Crippen LogP contribution is -2.48. The molecule has 178 valence electrons. The number of nitrogens with two attached hydrogens (primary N) is 1. The third-order valence-electron chi connectivity index (χ3n) is 6.00. The lowest BCUT2D eigenvalue weighted by Gasteiger charge is -2.35. The first-order valence-corrected chi connectivity index (χ1v) is 11.2. The molecule has 0 saturated carbocycles. The Hall–Kier alpha value is -3.78. The van der Waals surface area contributed by atoms with Crippen LogP contribution in [0, 0.1) is 0 Å². The fourth-order valence-electron chi connectivity index (χ4n) is 4.25. The average Bonchev–Trinajstić information content (AvgIpc) is 2.87. The van der Waals surface area contributed by atoms with Crippen LogP contribution in [0.4, 0.5) is 0 Å². The van der Waals surface area contributed by atoms with Gasteiger partial charge in [0, 0.05) is 38.3 Å². The molecule has 1 aliphatic heterocycles. The van der Waals surface area contributed by atoms with E-state index in [0.717, 1.165) is 19.6 Å². The Morgan fingerprint density at radius 1 is 0.912 bits per heavy atom. The topological polar surface area (TPSA) is 94.3 Å². The van der Waals surface area contributed by atoms with Crippen LogP contribution < -0.4 is 19.9 Å². The van der Waals surface area contributed by atoms with Crippen molar-refractivity contribution in [1.82, 2.24) is 9.80 Å². The second kappa shape index (κ2) is 10.4. The minimum Gasteiger partial charge on any atom is -0.493 e. The van der Waals surface area contributed by atoms with Gasteiger partial charge in [-0.15, -0.1) is 0 Å². The number of amides is 2. The number of rotatable bonds is 8. The summed E-state index contributed by atoms with van der Waals surface area (Å²) < 4.78 is 16.2. The first kappa shape index (κ1) is 23.4. The molecule has 4 rings (SSSR count). The van der Waals surface area contributed by atoms with Crippen molar-refractivity contribution < 1.29 is 23.8 Å². The minimum absolute atomic E-state index is 0.108. The van der Waals surface area contributed by atoms with Gasteiger partial charge in [-0.05, 0) is 28.5 Å². The molecule has 1 aliphatic rings. The molecule has 8 nitrogen and oxygen atoms in total. The molecular formula is C26H29N3O5. The summed E-state index contributed by atoms with van der Waals surface area (Å²) in [7, 11) is 2.93. The second-order valence-electron chi connectivity index (χ2n) is 8.17. The van der Waals surface area contributed by atoms with Crippen molar-refractivity contribution in [2.45, 2.75) is 6.54 Å². The van der Waals surface area contributed by atoms with Crippen LogP contribution in [0.2, 0.25) is 0 Å². The summed E-state index contributed by atoms with van der Waals surface area (Å²) in [6.07, 6.45) is 0. The summed E-state index contributed by atoms with van der Waals surface area (Å²) in [6, 6.07) is 18.0. The molecule has 1 fully saturated rings. The largest absolute Gasteiger partial charge is 0.493 e. The van der Waals surface area contributed by atoms with E-state index in [9.17, 15) is 9.59 Å². The SMILES string of the molecule is COc1cc(C(=O)N2CCN(Cc3cccc4ccccc34)CC2)cc(OC)c1OCC(N)=O. The molecule has 0 unspecified atom stereocenters. The Morgan fingerprint density at radius 3 is 2.21 bits per heavy atom. The van der Waals surface area contributed by atoms with Crippen LogP contribution in [-0.2, 0) is 11.3 Å². The smallest absolute Gasteiger partial charge is 0.255 e. The van der Waals surface area contributed by atoms with E-state index in [0.29, 0.717) is 30.2 Å². The number of primary amides is 1. The highest BCUT2D eigenvalue weighted by Gasteiger charge is 2.25. The van der Waals surface area contributed by atoms with Crippen molar-refractivity contribution >= 4 is 22.6 Å². The van der Waals surface area contributed by atoms with Crippen molar-refractivity contribution in [3.05, 3.63) is 65.7 Å². The first-order valence-electron chi connectivity index (χ1n) is 11.2. The van der Waals surface area contributed by atoms with Gasteiger partial charge in [0.05, 0.1) is 14.2 Å². The van der Waals surface area contributed by atoms with E-state index in [1.807, 2.05) is 4.90 Å². The summed E-state index contributed by atoms with van der Waals surface area (Å²) in [4.78, 5) is 28.5. The molecule has 0 atom stereocenters. The van der Waals surface area contributed by atoms with Gasteiger partial charge in [0.25, 0.3) is 11.8 Å². The highest BCUT2D eigenvalue weighted by Crippen LogP contribution is 2.39. The van der Waals surface area contributed by atoms with Crippen LogP contribution >= 0.6 is 0 Å². The third-order valence-corrected chi connectivity index (χ3v) is 6.00. The molecule has 0 aromatic heterocycles. The van der Waals surface area contributed by atoms with Crippen LogP contribution in [0.25, 0.3) is 10.8 Å². The highest BCUT2D eigenvalue weighted by atomic mass is 16.5. The summed E-state index contributed by atoms with van der Waals surface area (Å²) in [5, 5.41) is 2.50. The maximum absolute atomic E-state index is 13.2. The molecule has 1 heterocycles. The fourth-order valence-corrected chi connectivity index (χ4v) is 4.25. The van der Waals surface area contributed by atoms with E-state index in [4.69, 9.17) is 19.9 Å². The number of nitrogens with zero attached hydrogens (tertiary/aromatic N) is 2. The van der Waals surface area contributed by atoms with Crippen LogP contribution in [0.3, 0.4) is 0 Å². The van der Waals surface area contributed by atoms with Gasteiger partial charge in [-0.3, -0.25) is 14.5 Å². The molecule has 0 aliphatic carbocycles. The Morgan fingerprint density at radius 2 is 1.56 bits per heavy atom. The number of hydrogen-bond donors (Lipinski definition) is 1. The zero-order chi connectivity index (χ0) is 24.1. The predicted molar refractivity (Wildman–Crippen MR) is 129 cm³/mol. The monoisotopic (exact) mass is 463 g/mol. The molecule has 3 aromatic rings. The fraction of sp³-hybridized carbons (Fsp3) is 0.308. The van der Waals surface area contributed by atoms with Crippen LogP contribution in [-0.4, -0.2) is 68.6 Å². The van der Waals surface area contributed by atoms with Gasteiger partial charge in [0.1, 0.15) is 0 Å². The van der Waals surface area contributed by atoms with E-state index in [1.54, 1.807) is 12.1 Å². The molecule has 2 amide bonds. The summed E-state index contributed by atoms with van der Waals surface area (Å²) >= 11 is 0. The Bertz CT molecular complexity index is 1160. The normalized spacial score (nSPS) is 14.1. The van der Waals surface area contributed by atoms with Crippen molar-refractivity contribution in [2.75, 3.05) is 47.0 Å². The Kier molecular flexibility index (Phi) is 7.18. The molecule has 34 heavy (non-hydrogen) atoms. The quantitative estimate of drug-likeness (QED) is 0.552. The van der Waals surface area contributed by atoms with Crippen molar-refractivity contribution in [3.8, 4) is 17.2 Å². The van der Waals surface area contributed by atoms with E-state index < -0.39 is 5.91 Å². The van der Waals surface area contributed by atoms with E-state index in [-0.39, 0.29) is 18.3 Å². The van der Waals surface area contributed by atoms with Gasteiger partial charge >= 0.3 is 0 Å². The minimum atomic E-state index is -0.620. The van der Waals surface area contributed by atoms with Gasteiger partial charge in [-0.2, -0.15) is 0 Å². The van der Waals surface area contributed by atoms with Gasteiger partial charge in [-0.25, -0.2) is 0 Å². The summed E-state index contributed by atoms with van der Waals surface area (Å²) in [6.45, 7) is 3.32. The molecule has 3 aromatic carbocycles. The molecule has 2 N–H and O–H groups in total. The second-order valence-corrected chi connectivity index (χ2v) is 8.17. The third kappa shape index (κ3) is 5.07. The lowest BCUT2D eigenvalue weighted by atomic mass is 10.0. The lowest BCUT2D eigenvalue weighted by molar-refractivity contribution is -0.120. The van der Waals surface area contributed by atoms with E-state index >= 15 is 0 Å². The molecular weight excluding hydrogens is 434 g/mol. The molecule has 0 bridgehead atoms. The average molecular weight is 464 g/mol. The maximum Gasteiger partial charge on any atom is 0.255 e. The number of methoxy groups -OCH3 is 2. The number of benzene rings is 3. The van der Waals surface area contributed by atoms with Gasteiger partial charge in [-0.1, -0.05) is 42.5 Å².